The van der Waals surface area contributed by atoms with Crippen LogP contribution in [0.2, 0.25) is 0 Å². The highest BCUT2D eigenvalue weighted by molar-refractivity contribution is 5.72. The van der Waals surface area contributed by atoms with Gasteiger partial charge in [-0.15, -0.1) is 0 Å². The first-order valence-electron chi connectivity index (χ1n) is 5.63. The van der Waals surface area contributed by atoms with Gasteiger partial charge in [-0.3, -0.25) is 4.79 Å². The molecule has 0 fully saturated rings. The van der Waals surface area contributed by atoms with Crippen LogP contribution < -0.4 is 10.6 Å². The van der Waals surface area contributed by atoms with Gasteiger partial charge in [-0.1, -0.05) is 18.2 Å². The van der Waals surface area contributed by atoms with E-state index < -0.39 is 0 Å². The van der Waals surface area contributed by atoms with Crippen molar-refractivity contribution >= 4 is 11.9 Å². The highest BCUT2D eigenvalue weighted by atomic mass is 16.5. The van der Waals surface area contributed by atoms with Gasteiger partial charge >= 0.3 is 0 Å². The molecule has 1 aromatic heterocycles. The van der Waals surface area contributed by atoms with E-state index >= 15 is 0 Å². The lowest BCUT2D eigenvalue weighted by atomic mass is 10.2. The van der Waals surface area contributed by atoms with Gasteiger partial charge in [-0.05, 0) is 17.3 Å². The molecule has 0 saturated heterocycles. The zero-order valence-electron chi connectivity index (χ0n) is 10.0. The average Bonchev–Trinajstić information content (AvgIpc) is 2.84. The van der Waals surface area contributed by atoms with Crippen LogP contribution >= 0.6 is 0 Å². The monoisotopic (exact) mass is 246 g/mol. The molecule has 1 heterocycles. The van der Waals surface area contributed by atoms with Gasteiger partial charge in [-0.25, -0.2) is 0 Å². The van der Waals surface area contributed by atoms with Crippen molar-refractivity contribution in [3.05, 3.63) is 30.3 Å². The lowest BCUT2D eigenvalue weighted by Crippen LogP contribution is -2.26. The smallest absolute Gasteiger partial charge is 0.263 e. The first-order valence-corrected chi connectivity index (χ1v) is 5.63. The van der Waals surface area contributed by atoms with Gasteiger partial charge in [0.05, 0.1) is 0 Å². The summed E-state index contributed by atoms with van der Waals surface area (Å²) in [6.07, 6.45) is 0. The van der Waals surface area contributed by atoms with Crippen molar-refractivity contribution < 1.29 is 9.32 Å². The molecule has 1 aromatic carbocycles. The van der Waals surface area contributed by atoms with Gasteiger partial charge in [0.25, 0.3) is 11.8 Å². The van der Waals surface area contributed by atoms with Crippen LogP contribution in [0.3, 0.4) is 0 Å². The van der Waals surface area contributed by atoms with Crippen LogP contribution in [0.25, 0.3) is 11.5 Å². The van der Waals surface area contributed by atoms with E-state index in [9.17, 15) is 4.79 Å². The third-order valence-corrected chi connectivity index (χ3v) is 2.23. The van der Waals surface area contributed by atoms with Crippen LogP contribution in [0.1, 0.15) is 6.92 Å². The second-order valence-corrected chi connectivity index (χ2v) is 3.70. The summed E-state index contributed by atoms with van der Waals surface area (Å²) < 4.78 is 5.12. The molecule has 6 nitrogen and oxygen atoms in total. The number of hydrogen-bond donors (Lipinski definition) is 2. The molecular weight excluding hydrogens is 232 g/mol. The Kier molecular flexibility index (Phi) is 3.90. The van der Waals surface area contributed by atoms with Crippen molar-refractivity contribution in [2.24, 2.45) is 0 Å². The predicted molar refractivity (Wildman–Crippen MR) is 66.9 cm³/mol. The predicted octanol–water partition coefficient (Wildman–Crippen LogP) is 1.28. The maximum absolute atomic E-state index is 10.7. The van der Waals surface area contributed by atoms with Crippen molar-refractivity contribution in [1.29, 1.82) is 0 Å². The minimum absolute atomic E-state index is 0.0603. The quantitative estimate of drug-likeness (QED) is 0.777. The minimum Gasteiger partial charge on any atom is -0.355 e. The third kappa shape index (κ3) is 3.31. The number of rotatable bonds is 5. The van der Waals surface area contributed by atoms with Gasteiger partial charge in [-0.2, -0.15) is 4.98 Å². The molecule has 0 unspecified atom stereocenters. The van der Waals surface area contributed by atoms with E-state index in [1.54, 1.807) is 0 Å². The Morgan fingerprint density at radius 1 is 1.28 bits per heavy atom. The second kappa shape index (κ2) is 5.81. The van der Waals surface area contributed by atoms with Gasteiger partial charge < -0.3 is 15.2 Å². The molecule has 0 aliphatic rings. The van der Waals surface area contributed by atoms with Crippen LogP contribution in [0.15, 0.2) is 34.9 Å². The Morgan fingerprint density at radius 3 is 2.78 bits per heavy atom. The van der Waals surface area contributed by atoms with Crippen LogP contribution in [-0.2, 0) is 4.79 Å². The molecule has 2 N–H and O–H groups in total. The van der Waals surface area contributed by atoms with Gasteiger partial charge in [0, 0.05) is 25.6 Å². The van der Waals surface area contributed by atoms with E-state index in [1.165, 1.54) is 6.92 Å². The number of carbonyl (C=O) groups excluding carboxylic acids is 1. The summed E-state index contributed by atoms with van der Waals surface area (Å²) in [5.74, 6) is 0.826. The molecule has 0 bridgehead atoms. The first kappa shape index (κ1) is 12.1. The molecule has 6 heteroatoms. The van der Waals surface area contributed by atoms with Crippen LogP contribution in [0.5, 0.6) is 0 Å². The highest BCUT2D eigenvalue weighted by Crippen LogP contribution is 2.17. The molecule has 0 aliphatic heterocycles. The Balaban J connectivity index is 1.89. The number of nitrogens with zero attached hydrogens (tertiary/aromatic N) is 2. The van der Waals surface area contributed by atoms with Crippen molar-refractivity contribution in [2.45, 2.75) is 6.92 Å². The molecule has 2 aromatic rings. The Hall–Kier alpha value is -2.37. The molecule has 2 rings (SSSR count). The highest BCUT2D eigenvalue weighted by Gasteiger charge is 2.07. The van der Waals surface area contributed by atoms with Gasteiger partial charge in [0.2, 0.25) is 5.91 Å². The summed E-state index contributed by atoms with van der Waals surface area (Å²) in [4.78, 5) is 14.9. The van der Waals surface area contributed by atoms with Crippen molar-refractivity contribution in [1.82, 2.24) is 15.5 Å². The molecule has 18 heavy (non-hydrogen) atoms. The second-order valence-electron chi connectivity index (χ2n) is 3.70. The number of hydrogen-bond acceptors (Lipinski definition) is 5. The Morgan fingerprint density at radius 2 is 2.06 bits per heavy atom. The first-order chi connectivity index (χ1) is 8.75. The van der Waals surface area contributed by atoms with E-state index in [2.05, 4.69) is 20.8 Å². The molecule has 0 saturated carbocycles. The normalized spacial score (nSPS) is 10.1. The number of aromatic nitrogens is 2. The van der Waals surface area contributed by atoms with Crippen molar-refractivity contribution in [2.75, 3.05) is 18.4 Å². The standard InChI is InChI=1S/C12H14N4O2/c1-9(17)13-7-8-14-12-15-11(18-16-12)10-5-3-2-4-6-10/h2-6H,7-8H2,1H3,(H,13,17)(H,14,16). The summed E-state index contributed by atoms with van der Waals surface area (Å²) in [6.45, 7) is 2.54. The summed E-state index contributed by atoms with van der Waals surface area (Å²) >= 11 is 0. The van der Waals surface area contributed by atoms with E-state index in [4.69, 9.17) is 4.52 Å². The maximum Gasteiger partial charge on any atom is 0.263 e. The van der Waals surface area contributed by atoms with Crippen LogP contribution in [0, 0.1) is 0 Å². The molecule has 1 amide bonds. The zero-order chi connectivity index (χ0) is 12.8. The number of nitrogens with one attached hydrogen (secondary N) is 2. The molecule has 0 atom stereocenters. The fourth-order valence-corrected chi connectivity index (χ4v) is 1.41. The Labute approximate surface area is 104 Å². The summed E-state index contributed by atoms with van der Waals surface area (Å²) in [7, 11) is 0. The van der Waals surface area contributed by atoms with E-state index in [-0.39, 0.29) is 5.91 Å². The summed E-state index contributed by atoms with van der Waals surface area (Å²) in [6, 6.07) is 9.53. The van der Waals surface area contributed by atoms with Gasteiger partial charge in [0.15, 0.2) is 0 Å². The molecular formula is C12H14N4O2. The van der Waals surface area contributed by atoms with E-state index in [0.717, 1.165) is 5.56 Å². The molecule has 0 aliphatic carbocycles. The minimum atomic E-state index is -0.0603. The van der Waals surface area contributed by atoms with E-state index in [1.807, 2.05) is 30.3 Å². The fraction of sp³-hybridized carbons (Fsp3) is 0.250. The largest absolute Gasteiger partial charge is 0.355 e. The fourth-order valence-electron chi connectivity index (χ4n) is 1.41. The summed E-state index contributed by atoms with van der Waals surface area (Å²) in [5.41, 5.74) is 0.875. The SMILES string of the molecule is CC(=O)NCCNc1noc(-c2ccccc2)n1. The average molecular weight is 246 g/mol. The molecule has 94 valence electrons. The van der Waals surface area contributed by atoms with Gasteiger partial charge in [0.1, 0.15) is 0 Å². The van der Waals surface area contributed by atoms with Crippen LogP contribution in [0.4, 0.5) is 5.95 Å². The zero-order valence-corrected chi connectivity index (χ0v) is 10.0. The molecule has 0 spiro atoms. The number of amides is 1. The molecule has 0 radical (unpaired) electrons. The lowest BCUT2D eigenvalue weighted by molar-refractivity contribution is -0.118. The van der Waals surface area contributed by atoms with Crippen molar-refractivity contribution in [3.8, 4) is 11.5 Å². The summed E-state index contributed by atoms with van der Waals surface area (Å²) in [5, 5.41) is 9.43. The topological polar surface area (TPSA) is 80.0 Å². The number of carbonyl (C=O) groups is 1. The lowest BCUT2D eigenvalue weighted by Gasteiger charge is -2.01. The maximum atomic E-state index is 10.7. The van der Waals surface area contributed by atoms with Crippen LogP contribution in [-0.4, -0.2) is 29.1 Å². The Bertz CT molecular complexity index is 510. The number of benzene rings is 1. The van der Waals surface area contributed by atoms with Crippen molar-refractivity contribution in [3.63, 3.8) is 0 Å². The third-order valence-electron chi connectivity index (χ3n) is 2.23. The number of anilines is 1. The van der Waals surface area contributed by atoms with E-state index in [0.29, 0.717) is 24.9 Å².